The topological polar surface area (TPSA) is 38.3 Å². The Labute approximate surface area is 89.8 Å². The highest BCUT2D eigenvalue weighted by Gasteiger charge is 2.02. The number of ether oxygens (including phenoxy) is 1. The predicted molar refractivity (Wildman–Crippen MR) is 61.7 cm³/mol. The van der Waals surface area contributed by atoms with E-state index in [0.29, 0.717) is 6.61 Å². The van der Waals surface area contributed by atoms with Crippen LogP contribution in [-0.4, -0.2) is 19.1 Å². The maximum absolute atomic E-state index is 11.1. The Morgan fingerprint density at radius 1 is 1.53 bits per heavy atom. The van der Waals surface area contributed by atoms with Crippen molar-refractivity contribution in [2.45, 2.75) is 6.92 Å². The summed E-state index contributed by atoms with van der Waals surface area (Å²) in [4.78, 5) is 11.1. The summed E-state index contributed by atoms with van der Waals surface area (Å²) in [6.07, 6.45) is 1.74. The third-order valence-corrected chi connectivity index (χ3v) is 1.91. The molecule has 0 unspecified atom stereocenters. The van der Waals surface area contributed by atoms with Crippen molar-refractivity contribution in [1.82, 2.24) is 0 Å². The Kier molecular flexibility index (Phi) is 4.41. The number of nitrogens with one attached hydrogen (secondary N) is 1. The zero-order valence-corrected chi connectivity index (χ0v) is 8.82. The van der Waals surface area contributed by atoms with E-state index >= 15 is 0 Å². The van der Waals surface area contributed by atoms with Gasteiger partial charge in [0.25, 0.3) is 0 Å². The predicted octanol–water partition coefficient (Wildman–Crippen LogP) is 2.30. The van der Waals surface area contributed by atoms with Crippen LogP contribution in [0.3, 0.4) is 0 Å². The number of esters is 1. The fraction of sp³-hybridized carbons (Fsp3) is 0.250. The SMILES string of the molecule is C=Cc1ccccc1NCC(=O)OCC. The summed E-state index contributed by atoms with van der Waals surface area (Å²) in [5.41, 5.74) is 1.86. The number of rotatable bonds is 5. The molecule has 3 heteroatoms. The second kappa shape index (κ2) is 5.86. The molecule has 0 radical (unpaired) electrons. The maximum Gasteiger partial charge on any atom is 0.325 e. The molecule has 3 nitrogen and oxygen atoms in total. The Morgan fingerprint density at radius 2 is 2.27 bits per heavy atom. The largest absolute Gasteiger partial charge is 0.465 e. The summed E-state index contributed by atoms with van der Waals surface area (Å²) in [5.74, 6) is -0.253. The highest BCUT2D eigenvalue weighted by atomic mass is 16.5. The molecule has 0 saturated carbocycles. The molecule has 15 heavy (non-hydrogen) atoms. The fourth-order valence-corrected chi connectivity index (χ4v) is 1.22. The highest BCUT2D eigenvalue weighted by Crippen LogP contribution is 2.15. The molecule has 1 aromatic rings. The second-order valence-corrected chi connectivity index (χ2v) is 2.95. The Balaban J connectivity index is 2.57. The molecule has 1 N–H and O–H groups in total. The molecule has 1 rings (SSSR count). The minimum absolute atomic E-state index is 0.179. The molecule has 0 aliphatic heterocycles. The third-order valence-electron chi connectivity index (χ3n) is 1.91. The molecule has 0 fully saturated rings. The maximum atomic E-state index is 11.1. The van der Waals surface area contributed by atoms with Crippen LogP contribution >= 0.6 is 0 Å². The average Bonchev–Trinajstić information content (AvgIpc) is 2.27. The van der Waals surface area contributed by atoms with Crippen LogP contribution in [0, 0.1) is 0 Å². The molecule has 80 valence electrons. The lowest BCUT2D eigenvalue weighted by atomic mass is 10.2. The van der Waals surface area contributed by atoms with Gasteiger partial charge in [-0.1, -0.05) is 30.9 Å². The molecule has 0 bridgehead atoms. The number of carbonyl (C=O) groups is 1. The second-order valence-electron chi connectivity index (χ2n) is 2.95. The number of benzene rings is 1. The first-order valence-electron chi connectivity index (χ1n) is 4.89. The first kappa shape index (κ1) is 11.3. The smallest absolute Gasteiger partial charge is 0.325 e. The zero-order chi connectivity index (χ0) is 11.1. The van der Waals surface area contributed by atoms with Crippen molar-refractivity contribution in [2.24, 2.45) is 0 Å². The van der Waals surface area contributed by atoms with E-state index in [2.05, 4.69) is 11.9 Å². The molecule has 1 aromatic carbocycles. The van der Waals surface area contributed by atoms with E-state index in [1.165, 1.54) is 0 Å². The molecule has 0 atom stereocenters. The monoisotopic (exact) mass is 205 g/mol. The minimum atomic E-state index is -0.253. The van der Waals surface area contributed by atoms with Crippen LogP contribution in [0.15, 0.2) is 30.8 Å². The van der Waals surface area contributed by atoms with Gasteiger partial charge in [-0.2, -0.15) is 0 Å². The summed E-state index contributed by atoms with van der Waals surface area (Å²) in [7, 11) is 0. The van der Waals surface area contributed by atoms with E-state index in [-0.39, 0.29) is 12.5 Å². The number of carbonyl (C=O) groups excluding carboxylic acids is 1. The first-order valence-corrected chi connectivity index (χ1v) is 4.89. The van der Waals surface area contributed by atoms with Gasteiger partial charge in [0.2, 0.25) is 0 Å². The summed E-state index contributed by atoms with van der Waals surface area (Å²) in [6.45, 7) is 6.07. The molecule has 0 aliphatic rings. The molecular formula is C12H15NO2. The molecule has 0 saturated heterocycles. The van der Waals surface area contributed by atoms with Gasteiger partial charge in [0.05, 0.1) is 6.61 Å². The average molecular weight is 205 g/mol. The van der Waals surface area contributed by atoms with Crippen LogP contribution in [0.25, 0.3) is 6.08 Å². The van der Waals surface area contributed by atoms with Crippen LogP contribution in [0.4, 0.5) is 5.69 Å². The van der Waals surface area contributed by atoms with Gasteiger partial charge >= 0.3 is 5.97 Å². The molecule has 0 heterocycles. The van der Waals surface area contributed by atoms with Crippen molar-refractivity contribution in [3.8, 4) is 0 Å². The van der Waals surface area contributed by atoms with Gasteiger partial charge in [0, 0.05) is 5.69 Å². The van der Waals surface area contributed by atoms with Crippen molar-refractivity contribution in [1.29, 1.82) is 0 Å². The van der Waals surface area contributed by atoms with Gasteiger partial charge in [-0.05, 0) is 18.6 Å². The van der Waals surface area contributed by atoms with E-state index in [0.717, 1.165) is 11.3 Å². The number of hydrogen-bond acceptors (Lipinski definition) is 3. The number of hydrogen-bond donors (Lipinski definition) is 1. The van der Waals surface area contributed by atoms with Crippen molar-refractivity contribution in [2.75, 3.05) is 18.5 Å². The van der Waals surface area contributed by atoms with Gasteiger partial charge in [-0.25, -0.2) is 0 Å². The summed E-state index contributed by atoms with van der Waals surface area (Å²) < 4.78 is 4.81. The zero-order valence-electron chi connectivity index (χ0n) is 8.82. The quantitative estimate of drug-likeness (QED) is 0.749. The van der Waals surface area contributed by atoms with Crippen LogP contribution < -0.4 is 5.32 Å². The number of anilines is 1. The van der Waals surface area contributed by atoms with Gasteiger partial charge in [-0.3, -0.25) is 4.79 Å². The lowest BCUT2D eigenvalue weighted by Crippen LogP contribution is -2.17. The third kappa shape index (κ3) is 3.46. The van der Waals surface area contributed by atoms with Crippen molar-refractivity contribution in [3.63, 3.8) is 0 Å². The van der Waals surface area contributed by atoms with Crippen molar-refractivity contribution >= 4 is 17.7 Å². The summed E-state index contributed by atoms with van der Waals surface area (Å²) in [5, 5.41) is 3.00. The van der Waals surface area contributed by atoms with Crippen molar-refractivity contribution < 1.29 is 9.53 Å². The summed E-state index contributed by atoms with van der Waals surface area (Å²) in [6, 6.07) is 7.66. The highest BCUT2D eigenvalue weighted by molar-refractivity contribution is 5.76. The minimum Gasteiger partial charge on any atom is -0.465 e. The van der Waals surface area contributed by atoms with Crippen LogP contribution in [0.2, 0.25) is 0 Å². The van der Waals surface area contributed by atoms with Gasteiger partial charge in [0.1, 0.15) is 6.54 Å². The molecular weight excluding hydrogens is 190 g/mol. The fourth-order valence-electron chi connectivity index (χ4n) is 1.22. The van der Waals surface area contributed by atoms with Crippen LogP contribution in [0.5, 0.6) is 0 Å². The lowest BCUT2D eigenvalue weighted by molar-refractivity contribution is -0.140. The normalized spacial score (nSPS) is 9.40. The molecule has 0 spiro atoms. The Bertz CT molecular complexity index is 347. The van der Waals surface area contributed by atoms with E-state index in [1.54, 1.807) is 13.0 Å². The van der Waals surface area contributed by atoms with E-state index in [9.17, 15) is 4.79 Å². The standard InChI is InChI=1S/C12H15NO2/c1-3-10-7-5-6-8-11(10)13-9-12(14)15-4-2/h3,5-8,13H,1,4,9H2,2H3. The Hall–Kier alpha value is -1.77. The van der Waals surface area contributed by atoms with Crippen LogP contribution in [-0.2, 0) is 9.53 Å². The van der Waals surface area contributed by atoms with Gasteiger partial charge in [0.15, 0.2) is 0 Å². The lowest BCUT2D eigenvalue weighted by Gasteiger charge is -2.08. The van der Waals surface area contributed by atoms with E-state index in [1.807, 2.05) is 24.3 Å². The van der Waals surface area contributed by atoms with Crippen LogP contribution in [0.1, 0.15) is 12.5 Å². The molecule has 0 aliphatic carbocycles. The van der Waals surface area contributed by atoms with Crippen molar-refractivity contribution in [3.05, 3.63) is 36.4 Å². The molecule has 0 aromatic heterocycles. The van der Waals surface area contributed by atoms with E-state index < -0.39 is 0 Å². The Morgan fingerprint density at radius 3 is 2.93 bits per heavy atom. The van der Waals surface area contributed by atoms with Gasteiger partial charge < -0.3 is 10.1 Å². The van der Waals surface area contributed by atoms with E-state index in [4.69, 9.17) is 4.74 Å². The van der Waals surface area contributed by atoms with Gasteiger partial charge in [-0.15, -0.1) is 0 Å². The molecule has 0 amide bonds. The first-order chi connectivity index (χ1) is 7.27. The number of para-hydroxylation sites is 1. The summed E-state index contributed by atoms with van der Waals surface area (Å²) >= 11 is 0.